The van der Waals surface area contributed by atoms with Crippen molar-refractivity contribution in [1.29, 1.82) is 0 Å². The standard InChI is InChI=1S/C19H20ClN3O3S/c1-22-16(13-3-5-14(6-4-13)27(2,24)25)11-15-17(22)12-18(20)21-19(15)23-7-9-26-10-8-23/h3-6,11-12H,7-10H2,1-2H3. The van der Waals surface area contributed by atoms with Crippen LogP contribution in [-0.2, 0) is 21.6 Å². The Morgan fingerprint density at radius 3 is 2.41 bits per heavy atom. The third kappa shape index (κ3) is 3.42. The maximum Gasteiger partial charge on any atom is 0.175 e. The SMILES string of the molecule is Cn1c(-c2ccc(S(C)(=O)=O)cc2)cc2c(N3CCOCC3)nc(Cl)cc21. The molecule has 0 saturated carbocycles. The maximum atomic E-state index is 11.7. The van der Waals surface area contributed by atoms with E-state index in [1.807, 2.05) is 25.2 Å². The molecule has 8 heteroatoms. The van der Waals surface area contributed by atoms with Crippen molar-refractivity contribution in [3.8, 4) is 11.3 Å². The fourth-order valence-electron chi connectivity index (χ4n) is 3.44. The Bertz CT molecular complexity index is 1100. The zero-order chi connectivity index (χ0) is 19.2. The number of hydrogen-bond donors (Lipinski definition) is 0. The van der Waals surface area contributed by atoms with Crippen molar-refractivity contribution in [3.05, 3.63) is 41.6 Å². The second kappa shape index (κ2) is 6.82. The molecule has 142 valence electrons. The van der Waals surface area contributed by atoms with Crippen LogP contribution in [0.1, 0.15) is 0 Å². The summed E-state index contributed by atoms with van der Waals surface area (Å²) < 4.78 is 30.9. The number of halogens is 1. The minimum atomic E-state index is -3.22. The molecule has 1 fully saturated rings. The second-order valence-corrected chi connectivity index (χ2v) is 9.09. The van der Waals surface area contributed by atoms with E-state index in [2.05, 4.69) is 20.5 Å². The van der Waals surface area contributed by atoms with E-state index in [4.69, 9.17) is 16.3 Å². The van der Waals surface area contributed by atoms with Gasteiger partial charge in [-0.15, -0.1) is 0 Å². The lowest BCUT2D eigenvalue weighted by Crippen LogP contribution is -2.36. The van der Waals surface area contributed by atoms with Gasteiger partial charge in [0.05, 0.1) is 23.6 Å². The first-order valence-corrected chi connectivity index (χ1v) is 10.9. The first kappa shape index (κ1) is 18.3. The van der Waals surface area contributed by atoms with Gasteiger partial charge in [0, 0.05) is 37.5 Å². The Balaban J connectivity index is 1.84. The molecule has 0 aliphatic carbocycles. The van der Waals surface area contributed by atoms with Gasteiger partial charge in [-0.25, -0.2) is 13.4 Å². The summed E-state index contributed by atoms with van der Waals surface area (Å²) in [5.74, 6) is 0.857. The van der Waals surface area contributed by atoms with Gasteiger partial charge in [0.15, 0.2) is 9.84 Å². The first-order chi connectivity index (χ1) is 12.8. The van der Waals surface area contributed by atoms with Crippen LogP contribution in [0.4, 0.5) is 5.82 Å². The van der Waals surface area contributed by atoms with Crippen LogP contribution in [0.5, 0.6) is 0 Å². The van der Waals surface area contributed by atoms with Crippen molar-refractivity contribution in [2.45, 2.75) is 4.90 Å². The van der Waals surface area contributed by atoms with Crippen LogP contribution in [0.3, 0.4) is 0 Å². The highest BCUT2D eigenvalue weighted by molar-refractivity contribution is 7.90. The van der Waals surface area contributed by atoms with Crippen molar-refractivity contribution in [1.82, 2.24) is 9.55 Å². The number of hydrogen-bond acceptors (Lipinski definition) is 5. The van der Waals surface area contributed by atoms with E-state index in [9.17, 15) is 8.42 Å². The van der Waals surface area contributed by atoms with Gasteiger partial charge in [0.1, 0.15) is 11.0 Å². The Labute approximate surface area is 163 Å². The molecular weight excluding hydrogens is 386 g/mol. The van der Waals surface area contributed by atoms with Crippen LogP contribution < -0.4 is 4.90 Å². The third-order valence-electron chi connectivity index (χ3n) is 4.88. The van der Waals surface area contributed by atoms with E-state index < -0.39 is 9.84 Å². The number of pyridine rings is 1. The number of anilines is 1. The average molecular weight is 406 g/mol. The number of aryl methyl sites for hydroxylation is 1. The van der Waals surface area contributed by atoms with Crippen LogP contribution >= 0.6 is 11.6 Å². The summed E-state index contributed by atoms with van der Waals surface area (Å²) >= 11 is 6.29. The summed E-state index contributed by atoms with van der Waals surface area (Å²) in [5.41, 5.74) is 2.90. The molecule has 27 heavy (non-hydrogen) atoms. The lowest BCUT2D eigenvalue weighted by atomic mass is 10.1. The van der Waals surface area contributed by atoms with Crippen molar-refractivity contribution >= 4 is 38.2 Å². The Morgan fingerprint density at radius 1 is 1.11 bits per heavy atom. The maximum absolute atomic E-state index is 11.7. The highest BCUT2D eigenvalue weighted by atomic mass is 35.5. The van der Waals surface area contributed by atoms with Crippen LogP contribution in [0.2, 0.25) is 5.15 Å². The molecule has 0 unspecified atom stereocenters. The zero-order valence-electron chi connectivity index (χ0n) is 15.1. The normalized spacial score (nSPS) is 15.4. The van der Waals surface area contributed by atoms with Gasteiger partial charge in [-0.05, 0) is 29.8 Å². The van der Waals surface area contributed by atoms with Crippen LogP contribution in [0.25, 0.3) is 22.2 Å². The summed E-state index contributed by atoms with van der Waals surface area (Å²) in [6.07, 6.45) is 1.21. The molecule has 6 nitrogen and oxygen atoms in total. The van der Waals surface area contributed by atoms with Crippen molar-refractivity contribution in [3.63, 3.8) is 0 Å². The molecule has 1 aliphatic heterocycles. The van der Waals surface area contributed by atoms with Gasteiger partial charge in [-0.1, -0.05) is 23.7 Å². The topological polar surface area (TPSA) is 64.4 Å². The molecule has 0 bridgehead atoms. The second-order valence-electron chi connectivity index (χ2n) is 6.69. The number of ether oxygens (including phenoxy) is 1. The summed E-state index contributed by atoms with van der Waals surface area (Å²) in [6.45, 7) is 2.89. The molecule has 1 saturated heterocycles. The summed E-state index contributed by atoms with van der Waals surface area (Å²) in [5, 5.41) is 1.47. The monoisotopic (exact) mass is 405 g/mol. The lowest BCUT2D eigenvalue weighted by Gasteiger charge is -2.28. The molecule has 0 atom stereocenters. The fourth-order valence-corrected chi connectivity index (χ4v) is 4.26. The number of aromatic nitrogens is 2. The van der Waals surface area contributed by atoms with Gasteiger partial charge >= 0.3 is 0 Å². The molecule has 1 aliphatic rings. The zero-order valence-corrected chi connectivity index (χ0v) is 16.7. The molecule has 0 spiro atoms. The quantitative estimate of drug-likeness (QED) is 0.626. The Morgan fingerprint density at radius 2 is 1.78 bits per heavy atom. The minimum absolute atomic E-state index is 0.309. The molecular formula is C19H20ClN3O3S. The van der Waals surface area contributed by atoms with Gasteiger partial charge in [0.25, 0.3) is 0 Å². The summed E-state index contributed by atoms with van der Waals surface area (Å²) in [4.78, 5) is 7.06. The number of morpholine rings is 1. The summed E-state index contributed by atoms with van der Waals surface area (Å²) in [7, 11) is -1.24. The highest BCUT2D eigenvalue weighted by Gasteiger charge is 2.20. The third-order valence-corrected chi connectivity index (χ3v) is 6.20. The largest absolute Gasteiger partial charge is 0.378 e. The summed E-state index contributed by atoms with van der Waals surface area (Å²) in [6, 6.07) is 10.9. The van der Waals surface area contributed by atoms with E-state index in [-0.39, 0.29) is 0 Å². The minimum Gasteiger partial charge on any atom is -0.378 e. The predicted molar refractivity (Wildman–Crippen MR) is 107 cm³/mol. The molecule has 3 heterocycles. The van der Waals surface area contributed by atoms with Gasteiger partial charge in [0.2, 0.25) is 0 Å². The average Bonchev–Trinajstić information content (AvgIpc) is 2.98. The Hall–Kier alpha value is -2.09. The van der Waals surface area contributed by atoms with Gasteiger partial charge in [-0.2, -0.15) is 0 Å². The van der Waals surface area contributed by atoms with E-state index >= 15 is 0 Å². The first-order valence-electron chi connectivity index (χ1n) is 8.64. The molecule has 1 aromatic carbocycles. The number of sulfone groups is 1. The number of rotatable bonds is 3. The van der Waals surface area contributed by atoms with E-state index in [0.717, 1.165) is 41.1 Å². The Kier molecular flexibility index (Phi) is 4.61. The fraction of sp³-hybridized carbons (Fsp3) is 0.316. The van der Waals surface area contributed by atoms with Gasteiger partial charge < -0.3 is 14.2 Å². The van der Waals surface area contributed by atoms with Crippen LogP contribution in [0, 0.1) is 0 Å². The van der Waals surface area contributed by atoms with E-state index in [1.54, 1.807) is 12.1 Å². The molecule has 4 rings (SSSR count). The predicted octanol–water partition coefficient (Wildman–Crippen LogP) is 3.13. The van der Waals surface area contributed by atoms with E-state index in [0.29, 0.717) is 23.3 Å². The molecule has 3 aromatic rings. The van der Waals surface area contributed by atoms with Crippen LogP contribution in [-0.4, -0.2) is 50.5 Å². The number of fused-ring (bicyclic) bond motifs is 1. The van der Waals surface area contributed by atoms with Gasteiger partial charge in [-0.3, -0.25) is 0 Å². The molecule has 0 amide bonds. The highest BCUT2D eigenvalue weighted by Crippen LogP contribution is 2.34. The molecule has 2 aromatic heterocycles. The van der Waals surface area contributed by atoms with Crippen molar-refractivity contribution in [2.24, 2.45) is 7.05 Å². The van der Waals surface area contributed by atoms with Crippen molar-refractivity contribution in [2.75, 3.05) is 37.5 Å². The molecule has 0 radical (unpaired) electrons. The molecule has 0 N–H and O–H groups in total. The van der Waals surface area contributed by atoms with E-state index in [1.165, 1.54) is 6.26 Å². The lowest BCUT2D eigenvalue weighted by molar-refractivity contribution is 0.122. The van der Waals surface area contributed by atoms with Crippen LogP contribution in [0.15, 0.2) is 41.3 Å². The number of benzene rings is 1. The smallest absolute Gasteiger partial charge is 0.175 e. The van der Waals surface area contributed by atoms with Crippen molar-refractivity contribution < 1.29 is 13.2 Å². The number of nitrogens with zero attached hydrogens (tertiary/aromatic N) is 3.